The monoisotopic (exact) mass is 284 g/mol. The maximum absolute atomic E-state index is 6.11. The Kier molecular flexibility index (Phi) is 3.77. The molecule has 0 radical (unpaired) electrons. The van der Waals surface area contributed by atoms with Crippen LogP contribution in [0.25, 0.3) is 10.9 Å². The van der Waals surface area contributed by atoms with Crippen molar-refractivity contribution in [2.45, 2.75) is 12.3 Å². The second kappa shape index (κ2) is 5.70. The molecule has 0 amide bonds. The number of aromatic amines is 1. The maximum Gasteiger partial charge on any atom is 0.0457 e. The van der Waals surface area contributed by atoms with Gasteiger partial charge in [-0.1, -0.05) is 41.9 Å². The Morgan fingerprint density at radius 3 is 2.65 bits per heavy atom. The number of benzene rings is 2. The number of rotatable bonds is 4. The third-order valence-electron chi connectivity index (χ3n) is 3.73. The quantitative estimate of drug-likeness (QED) is 0.744. The Morgan fingerprint density at radius 1 is 1.10 bits per heavy atom. The molecule has 3 aromatic rings. The normalized spacial score (nSPS) is 12.7. The van der Waals surface area contributed by atoms with E-state index in [0.717, 1.165) is 17.0 Å². The van der Waals surface area contributed by atoms with Gasteiger partial charge in [0.2, 0.25) is 0 Å². The lowest BCUT2D eigenvalue weighted by Gasteiger charge is -2.14. The topological polar surface area (TPSA) is 41.8 Å². The lowest BCUT2D eigenvalue weighted by molar-refractivity contribution is 0.699. The minimum absolute atomic E-state index is 0.296. The molecular weight excluding hydrogens is 268 g/mol. The molecule has 0 saturated carbocycles. The number of hydrogen-bond acceptors (Lipinski definition) is 1. The van der Waals surface area contributed by atoms with Gasteiger partial charge >= 0.3 is 0 Å². The summed E-state index contributed by atoms with van der Waals surface area (Å²) in [6, 6.07) is 16.4. The highest BCUT2D eigenvalue weighted by Crippen LogP contribution is 2.29. The van der Waals surface area contributed by atoms with Crippen LogP contribution in [0.2, 0.25) is 5.02 Å². The second-order valence-electron chi connectivity index (χ2n) is 5.06. The molecule has 20 heavy (non-hydrogen) atoms. The molecule has 0 aliphatic heterocycles. The van der Waals surface area contributed by atoms with Crippen LogP contribution in [0.5, 0.6) is 0 Å². The van der Waals surface area contributed by atoms with Crippen molar-refractivity contribution < 1.29 is 0 Å². The Morgan fingerprint density at radius 2 is 1.90 bits per heavy atom. The van der Waals surface area contributed by atoms with Crippen molar-refractivity contribution in [1.82, 2.24) is 4.98 Å². The minimum atomic E-state index is 0.296. The number of nitrogens with two attached hydrogens (primary N) is 1. The van der Waals surface area contributed by atoms with E-state index >= 15 is 0 Å². The first-order valence-electron chi connectivity index (χ1n) is 6.78. The van der Waals surface area contributed by atoms with Crippen molar-refractivity contribution in [3.63, 3.8) is 0 Å². The molecule has 3 heteroatoms. The zero-order valence-corrected chi connectivity index (χ0v) is 11.9. The molecule has 102 valence electrons. The SMILES string of the molecule is NCC(Cc1ccccc1)c1c[nH]c2ccc(Cl)cc12. The predicted octanol–water partition coefficient (Wildman–Crippen LogP) is 4.11. The van der Waals surface area contributed by atoms with Crippen LogP contribution in [-0.2, 0) is 6.42 Å². The average Bonchev–Trinajstić information content (AvgIpc) is 2.89. The third-order valence-corrected chi connectivity index (χ3v) is 3.96. The summed E-state index contributed by atoms with van der Waals surface area (Å²) in [4.78, 5) is 3.30. The fourth-order valence-corrected chi connectivity index (χ4v) is 2.84. The number of nitrogens with one attached hydrogen (secondary N) is 1. The molecule has 2 aromatic carbocycles. The molecule has 1 atom stereocenters. The van der Waals surface area contributed by atoms with Gasteiger partial charge in [0.1, 0.15) is 0 Å². The van der Waals surface area contributed by atoms with E-state index in [1.807, 2.05) is 24.3 Å². The van der Waals surface area contributed by atoms with Gasteiger partial charge in [-0.05, 0) is 42.3 Å². The number of hydrogen-bond donors (Lipinski definition) is 2. The van der Waals surface area contributed by atoms with Crippen LogP contribution in [0.4, 0.5) is 0 Å². The van der Waals surface area contributed by atoms with Crippen LogP contribution in [0.1, 0.15) is 17.0 Å². The predicted molar refractivity (Wildman–Crippen MR) is 85.3 cm³/mol. The first-order valence-corrected chi connectivity index (χ1v) is 7.16. The van der Waals surface area contributed by atoms with E-state index in [1.54, 1.807) is 0 Å². The van der Waals surface area contributed by atoms with Gasteiger partial charge in [-0.25, -0.2) is 0 Å². The van der Waals surface area contributed by atoms with Gasteiger partial charge in [-0.15, -0.1) is 0 Å². The first-order chi connectivity index (χ1) is 9.78. The van der Waals surface area contributed by atoms with Gasteiger partial charge in [0.15, 0.2) is 0 Å². The van der Waals surface area contributed by atoms with Crippen LogP contribution in [-0.4, -0.2) is 11.5 Å². The highest BCUT2D eigenvalue weighted by Gasteiger charge is 2.15. The minimum Gasteiger partial charge on any atom is -0.361 e. The Labute approximate surface area is 123 Å². The smallest absolute Gasteiger partial charge is 0.0457 e. The first kappa shape index (κ1) is 13.2. The molecule has 2 nitrogen and oxygen atoms in total. The number of aromatic nitrogens is 1. The summed E-state index contributed by atoms with van der Waals surface area (Å²) in [5.74, 6) is 0.296. The molecule has 1 heterocycles. The van der Waals surface area contributed by atoms with Crippen molar-refractivity contribution >= 4 is 22.5 Å². The average molecular weight is 285 g/mol. The molecule has 0 saturated heterocycles. The highest BCUT2D eigenvalue weighted by atomic mass is 35.5. The molecular formula is C17H17ClN2. The highest BCUT2D eigenvalue weighted by molar-refractivity contribution is 6.31. The van der Waals surface area contributed by atoms with Gasteiger partial charge in [-0.3, -0.25) is 0 Å². The summed E-state index contributed by atoms with van der Waals surface area (Å²) in [6.07, 6.45) is 3.00. The zero-order chi connectivity index (χ0) is 13.9. The summed E-state index contributed by atoms with van der Waals surface area (Å²) in [5.41, 5.74) is 9.65. The van der Waals surface area contributed by atoms with E-state index in [-0.39, 0.29) is 0 Å². The molecule has 3 N–H and O–H groups in total. The molecule has 1 unspecified atom stereocenters. The van der Waals surface area contributed by atoms with Crippen LogP contribution < -0.4 is 5.73 Å². The largest absolute Gasteiger partial charge is 0.361 e. The summed E-state index contributed by atoms with van der Waals surface area (Å²) < 4.78 is 0. The van der Waals surface area contributed by atoms with Crippen LogP contribution in [0.3, 0.4) is 0 Å². The molecule has 0 bridgehead atoms. The van der Waals surface area contributed by atoms with Crippen LogP contribution >= 0.6 is 11.6 Å². The van der Waals surface area contributed by atoms with Crippen molar-refractivity contribution in [3.05, 3.63) is 70.9 Å². The van der Waals surface area contributed by atoms with Gasteiger partial charge in [0.25, 0.3) is 0 Å². The third kappa shape index (κ3) is 2.58. The number of fused-ring (bicyclic) bond motifs is 1. The Balaban J connectivity index is 1.97. The standard InChI is InChI=1S/C17H17ClN2/c18-14-6-7-17-15(9-14)16(11-20-17)13(10-19)8-12-4-2-1-3-5-12/h1-7,9,11,13,20H,8,10,19H2. The summed E-state index contributed by atoms with van der Waals surface area (Å²) >= 11 is 6.11. The van der Waals surface area contributed by atoms with Crippen molar-refractivity contribution in [2.24, 2.45) is 5.73 Å². The molecule has 0 spiro atoms. The van der Waals surface area contributed by atoms with Gasteiger partial charge in [0, 0.05) is 28.0 Å². The molecule has 0 aliphatic carbocycles. The van der Waals surface area contributed by atoms with Gasteiger partial charge in [0.05, 0.1) is 0 Å². The summed E-state index contributed by atoms with van der Waals surface area (Å²) in [7, 11) is 0. The van der Waals surface area contributed by atoms with E-state index < -0.39 is 0 Å². The maximum atomic E-state index is 6.11. The Bertz CT molecular complexity index is 703. The lowest BCUT2D eigenvalue weighted by atomic mass is 9.92. The molecule has 0 aliphatic rings. The number of H-pyrrole nitrogens is 1. The van der Waals surface area contributed by atoms with E-state index in [9.17, 15) is 0 Å². The van der Waals surface area contributed by atoms with E-state index in [2.05, 4.69) is 35.4 Å². The molecule has 0 fully saturated rings. The molecule has 1 aromatic heterocycles. The molecule has 3 rings (SSSR count). The zero-order valence-electron chi connectivity index (χ0n) is 11.1. The van der Waals surface area contributed by atoms with Crippen molar-refractivity contribution in [1.29, 1.82) is 0 Å². The van der Waals surface area contributed by atoms with Crippen LogP contribution in [0, 0.1) is 0 Å². The summed E-state index contributed by atoms with van der Waals surface area (Å²) in [5, 5.41) is 1.93. The van der Waals surface area contributed by atoms with E-state index in [1.165, 1.54) is 16.5 Å². The van der Waals surface area contributed by atoms with Crippen LogP contribution in [0.15, 0.2) is 54.7 Å². The lowest BCUT2D eigenvalue weighted by Crippen LogP contribution is -2.14. The Hall–Kier alpha value is -1.77. The summed E-state index contributed by atoms with van der Waals surface area (Å²) in [6.45, 7) is 0.619. The van der Waals surface area contributed by atoms with Gasteiger partial charge < -0.3 is 10.7 Å². The van der Waals surface area contributed by atoms with E-state index in [0.29, 0.717) is 12.5 Å². The van der Waals surface area contributed by atoms with Gasteiger partial charge in [-0.2, -0.15) is 0 Å². The fourth-order valence-electron chi connectivity index (χ4n) is 2.67. The number of halogens is 1. The second-order valence-corrected chi connectivity index (χ2v) is 5.49. The van der Waals surface area contributed by atoms with Crippen molar-refractivity contribution in [3.8, 4) is 0 Å². The van der Waals surface area contributed by atoms with E-state index in [4.69, 9.17) is 17.3 Å². The van der Waals surface area contributed by atoms with Crippen molar-refractivity contribution in [2.75, 3.05) is 6.54 Å². The fraction of sp³-hybridized carbons (Fsp3) is 0.176.